The van der Waals surface area contributed by atoms with Gasteiger partial charge in [0.05, 0.1) is 18.0 Å². The van der Waals surface area contributed by atoms with Gasteiger partial charge in [-0.1, -0.05) is 32.5 Å². The van der Waals surface area contributed by atoms with E-state index in [2.05, 4.69) is 58.9 Å². The van der Waals surface area contributed by atoms with Gasteiger partial charge in [-0.15, -0.1) is 0 Å². The van der Waals surface area contributed by atoms with E-state index in [0.717, 1.165) is 11.4 Å². The number of thioether (sulfide) groups is 1. The third-order valence-corrected chi connectivity index (χ3v) is 9.49. The molecule has 0 saturated carbocycles. The minimum Gasteiger partial charge on any atom is -0.411 e. The second-order valence-corrected chi connectivity index (χ2v) is 13.5. The zero-order valence-corrected chi connectivity index (χ0v) is 17.0. The number of carbonyl (C=O) groups is 1. The van der Waals surface area contributed by atoms with E-state index in [0.29, 0.717) is 12.4 Å². The summed E-state index contributed by atoms with van der Waals surface area (Å²) in [7, 11) is -1.77. The summed E-state index contributed by atoms with van der Waals surface area (Å²) < 4.78 is 8.33. The van der Waals surface area contributed by atoms with Crippen LogP contribution in [0.5, 0.6) is 0 Å². The van der Waals surface area contributed by atoms with Gasteiger partial charge in [-0.05, 0) is 38.0 Å². The van der Waals surface area contributed by atoms with Crippen LogP contribution >= 0.6 is 11.8 Å². The smallest absolute Gasteiger partial charge is 0.192 e. The van der Waals surface area contributed by atoms with E-state index in [-0.39, 0.29) is 16.2 Å². The summed E-state index contributed by atoms with van der Waals surface area (Å²) in [6, 6.07) is 2.36. The second-order valence-electron chi connectivity index (χ2n) is 7.49. The molecule has 1 aromatic heterocycles. The summed E-state index contributed by atoms with van der Waals surface area (Å²) in [4.78, 5) is 11.1. The highest BCUT2D eigenvalue weighted by molar-refractivity contribution is 8.12. The van der Waals surface area contributed by atoms with Gasteiger partial charge in [-0.3, -0.25) is 9.48 Å². The van der Waals surface area contributed by atoms with Crippen molar-refractivity contribution in [3.05, 3.63) is 17.5 Å². The molecule has 0 aliphatic carbocycles. The summed E-state index contributed by atoms with van der Waals surface area (Å²) in [5.74, 6) is 0.627. The Labute approximate surface area is 140 Å². The highest BCUT2D eigenvalue weighted by atomic mass is 32.2. The molecular formula is C16H30N2O2SSi. The zero-order chi connectivity index (χ0) is 17.1. The Morgan fingerprint density at radius 1 is 1.41 bits per heavy atom. The Kier molecular flexibility index (Phi) is 6.47. The molecule has 126 valence electrons. The van der Waals surface area contributed by atoms with Gasteiger partial charge in [0, 0.05) is 18.7 Å². The van der Waals surface area contributed by atoms with Gasteiger partial charge >= 0.3 is 0 Å². The van der Waals surface area contributed by atoms with Gasteiger partial charge in [-0.2, -0.15) is 5.10 Å². The van der Waals surface area contributed by atoms with E-state index in [1.807, 2.05) is 4.68 Å². The van der Waals surface area contributed by atoms with Gasteiger partial charge in [-0.25, -0.2) is 0 Å². The first-order valence-electron chi connectivity index (χ1n) is 7.78. The van der Waals surface area contributed by atoms with Crippen molar-refractivity contribution >= 4 is 25.2 Å². The third-order valence-electron chi connectivity index (χ3n) is 4.16. The van der Waals surface area contributed by atoms with E-state index in [9.17, 15) is 4.79 Å². The highest BCUT2D eigenvalue weighted by Gasteiger charge is 2.37. The van der Waals surface area contributed by atoms with Crippen LogP contribution in [0.25, 0.3) is 0 Å². The molecule has 4 nitrogen and oxygen atoms in total. The lowest BCUT2D eigenvalue weighted by Crippen LogP contribution is -2.40. The first-order chi connectivity index (χ1) is 9.94. The number of nitrogens with zero attached hydrogens (tertiary/aromatic N) is 2. The summed E-state index contributed by atoms with van der Waals surface area (Å²) in [6.45, 7) is 17.7. The summed E-state index contributed by atoms with van der Waals surface area (Å²) in [5, 5.41) is 4.94. The molecule has 6 heteroatoms. The first-order valence-corrected chi connectivity index (χ1v) is 11.7. The SMILES string of the molecule is CC(=O)SCc1cc(CO[Si](C)(C)C(C)(C)C)n(C(C)C)n1. The largest absolute Gasteiger partial charge is 0.411 e. The van der Waals surface area contributed by atoms with E-state index < -0.39 is 8.32 Å². The second kappa shape index (κ2) is 7.32. The van der Waals surface area contributed by atoms with Gasteiger partial charge in [0.15, 0.2) is 13.4 Å². The standard InChI is InChI=1S/C16H30N2O2SSi/c1-12(2)18-15(9-14(17-18)11-21-13(3)19)10-20-22(7,8)16(4,5)6/h9,12H,10-11H2,1-8H3. The Balaban J connectivity index is 2.87. The Morgan fingerprint density at radius 2 is 2.00 bits per heavy atom. The summed E-state index contributed by atoms with van der Waals surface area (Å²) >= 11 is 1.30. The average molecular weight is 343 g/mol. The van der Waals surface area contributed by atoms with Gasteiger partial charge < -0.3 is 4.43 Å². The Morgan fingerprint density at radius 3 is 2.45 bits per heavy atom. The van der Waals surface area contributed by atoms with Crippen molar-refractivity contribution < 1.29 is 9.22 Å². The molecular weight excluding hydrogens is 312 g/mol. The first kappa shape index (κ1) is 19.5. The molecule has 0 radical (unpaired) electrons. The van der Waals surface area contributed by atoms with Crippen LogP contribution in [0.1, 0.15) is 59.0 Å². The average Bonchev–Trinajstić information content (AvgIpc) is 2.76. The molecule has 0 atom stereocenters. The van der Waals surface area contributed by atoms with Crippen molar-refractivity contribution in [2.75, 3.05) is 0 Å². The number of aromatic nitrogens is 2. The van der Waals surface area contributed by atoms with Crippen LogP contribution in [0.3, 0.4) is 0 Å². The molecule has 1 rings (SSSR count). The zero-order valence-electron chi connectivity index (χ0n) is 15.2. The number of rotatable bonds is 6. The van der Waals surface area contributed by atoms with Crippen molar-refractivity contribution in [2.45, 2.75) is 78.1 Å². The van der Waals surface area contributed by atoms with Crippen LogP contribution < -0.4 is 0 Å². The molecule has 0 spiro atoms. The molecule has 0 aromatic carbocycles. The minimum atomic E-state index is -1.77. The Hall–Kier alpha value is -0.593. The van der Waals surface area contributed by atoms with Crippen molar-refractivity contribution in [1.29, 1.82) is 0 Å². The van der Waals surface area contributed by atoms with Crippen LogP contribution in [-0.4, -0.2) is 23.2 Å². The van der Waals surface area contributed by atoms with Crippen LogP contribution in [0.4, 0.5) is 0 Å². The third kappa shape index (κ3) is 5.24. The molecule has 0 unspecified atom stereocenters. The molecule has 0 aliphatic heterocycles. The number of hydrogen-bond donors (Lipinski definition) is 0. The van der Waals surface area contributed by atoms with Crippen molar-refractivity contribution in [2.24, 2.45) is 0 Å². The van der Waals surface area contributed by atoms with Crippen molar-refractivity contribution in [3.8, 4) is 0 Å². The fourth-order valence-corrected chi connectivity index (χ4v) is 3.20. The predicted molar refractivity (Wildman–Crippen MR) is 96.6 cm³/mol. The topological polar surface area (TPSA) is 44.1 Å². The number of carbonyl (C=O) groups excluding carboxylic acids is 1. The fraction of sp³-hybridized carbons (Fsp3) is 0.750. The predicted octanol–water partition coefficient (Wildman–Crippen LogP) is 4.77. The van der Waals surface area contributed by atoms with Crippen molar-refractivity contribution in [3.63, 3.8) is 0 Å². The van der Waals surface area contributed by atoms with Gasteiger partial charge in [0.1, 0.15) is 0 Å². The summed E-state index contributed by atoms with van der Waals surface area (Å²) in [5.41, 5.74) is 2.04. The maximum absolute atomic E-state index is 11.1. The molecule has 0 saturated heterocycles. The summed E-state index contributed by atoms with van der Waals surface area (Å²) in [6.07, 6.45) is 0. The van der Waals surface area contributed by atoms with Gasteiger partial charge in [0.25, 0.3) is 0 Å². The maximum atomic E-state index is 11.1. The molecule has 0 N–H and O–H groups in total. The van der Waals surface area contributed by atoms with Crippen molar-refractivity contribution in [1.82, 2.24) is 9.78 Å². The van der Waals surface area contributed by atoms with E-state index in [1.54, 1.807) is 6.92 Å². The van der Waals surface area contributed by atoms with Gasteiger partial charge in [0.2, 0.25) is 0 Å². The van der Waals surface area contributed by atoms with E-state index in [4.69, 9.17) is 4.43 Å². The molecule has 0 bridgehead atoms. The fourth-order valence-electron chi connectivity index (χ4n) is 1.76. The highest BCUT2D eigenvalue weighted by Crippen LogP contribution is 2.37. The van der Waals surface area contributed by atoms with Crippen LogP contribution in [0, 0.1) is 0 Å². The molecule has 1 aromatic rings. The monoisotopic (exact) mass is 342 g/mol. The lowest BCUT2D eigenvalue weighted by atomic mass is 10.2. The van der Waals surface area contributed by atoms with E-state index >= 15 is 0 Å². The lowest BCUT2D eigenvalue weighted by Gasteiger charge is -2.36. The normalized spacial score (nSPS) is 13.0. The van der Waals surface area contributed by atoms with E-state index in [1.165, 1.54) is 11.8 Å². The molecule has 22 heavy (non-hydrogen) atoms. The maximum Gasteiger partial charge on any atom is 0.192 e. The molecule has 1 heterocycles. The van der Waals surface area contributed by atoms with Crippen LogP contribution in [0.2, 0.25) is 18.1 Å². The number of hydrogen-bond acceptors (Lipinski definition) is 4. The minimum absolute atomic E-state index is 0.123. The molecule has 0 fully saturated rings. The molecule has 0 aliphatic rings. The lowest BCUT2D eigenvalue weighted by molar-refractivity contribution is -0.109. The quantitative estimate of drug-likeness (QED) is 0.699. The Bertz CT molecular complexity index is 519. The van der Waals surface area contributed by atoms with Crippen LogP contribution in [0.15, 0.2) is 6.07 Å². The van der Waals surface area contributed by atoms with Crippen LogP contribution in [-0.2, 0) is 21.6 Å². The molecule has 0 amide bonds.